The molecule has 0 aliphatic heterocycles. The highest BCUT2D eigenvalue weighted by Crippen LogP contribution is 2.29. The molecule has 0 aliphatic rings. The van der Waals surface area contributed by atoms with Crippen molar-refractivity contribution in [2.45, 2.75) is 39.5 Å². The Hall–Kier alpha value is -0.120. The Kier molecular flexibility index (Phi) is 3.93. The summed E-state index contributed by atoms with van der Waals surface area (Å²) in [6.07, 6.45) is 0. The molecule has 0 aliphatic carbocycles. The van der Waals surface area contributed by atoms with Crippen LogP contribution in [0.2, 0.25) is 0 Å². The first-order chi connectivity index (χ1) is 6.43. The van der Waals surface area contributed by atoms with Gasteiger partial charge in [0.15, 0.2) is 0 Å². The van der Waals surface area contributed by atoms with E-state index in [-0.39, 0.29) is 5.82 Å². The normalized spacial score (nSPS) is 11.4. The summed E-state index contributed by atoms with van der Waals surface area (Å²) >= 11 is 2.32. The zero-order chi connectivity index (χ0) is 10.9. The SMILES string of the molecule is CC(C)c1cc(F)cc(C(C)C)c1I. The predicted octanol–water partition coefficient (Wildman–Crippen LogP) is 4.68. The molecule has 0 amide bonds. The molecule has 0 radical (unpaired) electrons. The lowest BCUT2D eigenvalue weighted by Crippen LogP contribution is -2.00. The van der Waals surface area contributed by atoms with E-state index in [1.165, 1.54) is 3.57 Å². The zero-order valence-electron chi connectivity index (χ0n) is 9.07. The average molecular weight is 306 g/mol. The summed E-state index contributed by atoms with van der Waals surface area (Å²) in [5.41, 5.74) is 2.24. The Morgan fingerprint density at radius 1 is 1.00 bits per heavy atom. The van der Waals surface area contributed by atoms with E-state index >= 15 is 0 Å². The van der Waals surface area contributed by atoms with Gasteiger partial charge in [-0.1, -0.05) is 27.7 Å². The predicted molar refractivity (Wildman–Crippen MR) is 67.3 cm³/mol. The van der Waals surface area contributed by atoms with Gasteiger partial charge in [0, 0.05) is 3.57 Å². The molecular weight excluding hydrogens is 290 g/mol. The Bertz CT molecular complexity index is 300. The minimum Gasteiger partial charge on any atom is -0.207 e. The van der Waals surface area contributed by atoms with Crippen LogP contribution >= 0.6 is 22.6 Å². The molecule has 0 heterocycles. The standard InChI is InChI=1S/C12H16FI/c1-7(2)10-5-9(13)6-11(8(3)4)12(10)14/h5-8H,1-4H3. The fraction of sp³-hybridized carbons (Fsp3) is 0.500. The van der Waals surface area contributed by atoms with Crippen LogP contribution in [-0.2, 0) is 0 Å². The number of benzene rings is 1. The minimum atomic E-state index is -0.113. The topological polar surface area (TPSA) is 0 Å². The molecule has 0 unspecified atom stereocenters. The van der Waals surface area contributed by atoms with Gasteiger partial charge in [-0.05, 0) is 57.7 Å². The third-order valence-corrected chi connectivity index (χ3v) is 3.58. The lowest BCUT2D eigenvalue weighted by atomic mass is 9.95. The van der Waals surface area contributed by atoms with Crippen molar-refractivity contribution in [2.24, 2.45) is 0 Å². The van der Waals surface area contributed by atoms with Crippen molar-refractivity contribution < 1.29 is 4.39 Å². The molecule has 0 saturated heterocycles. The van der Waals surface area contributed by atoms with Gasteiger partial charge in [-0.15, -0.1) is 0 Å². The summed E-state index contributed by atoms with van der Waals surface area (Å²) in [6, 6.07) is 3.30. The minimum absolute atomic E-state index is 0.113. The molecule has 0 saturated carbocycles. The summed E-state index contributed by atoms with van der Waals surface area (Å²) in [5, 5.41) is 0. The van der Waals surface area contributed by atoms with E-state index in [1.54, 1.807) is 12.1 Å². The van der Waals surface area contributed by atoms with E-state index in [4.69, 9.17) is 0 Å². The molecule has 1 aromatic carbocycles. The number of hydrogen-bond donors (Lipinski definition) is 0. The lowest BCUT2D eigenvalue weighted by Gasteiger charge is -2.15. The summed E-state index contributed by atoms with van der Waals surface area (Å²) in [4.78, 5) is 0. The van der Waals surface area contributed by atoms with Crippen molar-refractivity contribution >= 4 is 22.6 Å². The fourth-order valence-corrected chi connectivity index (χ4v) is 3.03. The van der Waals surface area contributed by atoms with Crippen LogP contribution in [-0.4, -0.2) is 0 Å². The summed E-state index contributed by atoms with van der Waals surface area (Å²) in [7, 11) is 0. The molecule has 0 N–H and O–H groups in total. The maximum atomic E-state index is 13.3. The van der Waals surface area contributed by atoms with Gasteiger partial charge in [-0.25, -0.2) is 4.39 Å². The van der Waals surface area contributed by atoms with Crippen molar-refractivity contribution in [3.05, 3.63) is 32.6 Å². The maximum absolute atomic E-state index is 13.3. The highest BCUT2D eigenvalue weighted by Gasteiger charge is 2.13. The lowest BCUT2D eigenvalue weighted by molar-refractivity contribution is 0.617. The second-order valence-electron chi connectivity index (χ2n) is 4.21. The van der Waals surface area contributed by atoms with E-state index < -0.39 is 0 Å². The molecule has 14 heavy (non-hydrogen) atoms. The van der Waals surface area contributed by atoms with Gasteiger partial charge in [0.1, 0.15) is 5.82 Å². The first-order valence-electron chi connectivity index (χ1n) is 4.92. The molecule has 0 fully saturated rings. The third kappa shape index (κ3) is 2.47. The Balaban J connectivity index is 3.32. The van der Waals surface area contributed by atoms with Gasteiger partial charge in [-0.3, -0.25) is 0 Å². The number of hydrogen-bond acceptors (Lipinski definition) is 0. The van der Waals surface area contributed by atoms with Crippen LogP contribution in [0.5, 0.6) is 0 Å². The van der Waals surface area contributed by atoms with Crippen LogP contribution in [0.1, 0.15) is 50.7 Å². The van der Waals surface area contributed by atoms with Gasteiger partial charge in [-0.2, -0.15) is 0 Å². The Morgan fingerprint density at radius 3 is 1.64 bits per heavy atom. The Labute approximate surface area is 99.0 Å². The summed E-state index contributed by atoms with van der Waals surface area (Å²) < 4.78 is 14.5. The molecule has 1 rings (SSSR count). The second kappa shape index (κ2) is 4.60. The van der Waals surface area contributed by atoms with Gasteiger partial charge in [0.25, 0.3) is 0 Å². The summed E-state index contributed by atoms with van der Waals surface area (Å²) in [6.45, 7) is 8.39. The van der Waals surface area contributed by atoms with Crippen LogP contribution in [0.25, 0.3) is 0 Å². The van der Waals surface area contributed by atoms with E-state index in [2.05, 4.69) is 50.3 Å². The van der Waals surface area contributed by atoms with E-state index in [0.29, 0.717) is 11.8 Å². The van der Waals surface area contributed by atoms with Crippen LogP contribution < -0.4 is 0 Å². The van der Waals surface area contributed by atoms with Gasteiger partial charge in [0.05, 0.1) is 0 Å². The highest BCUT2D eigenvalue weighted by molar-refractivity contribution is 14.1. The number of halogens is 2. The van der Waals surface area contributed by atoms with Crippen LogP contribution in [0.15, 0.2) is 12.1 Å². The monoisotopic (exact) mass is 306 g/mol. The molecule has 78 valence electrons. The van der Waals surface area contributed by atoms with Gasteiger partial charge >= 0.3 is 0 Å². The van der Waals surface area contributed by atoms with E-state index in [9.17, 15) is 4.39 Å². The molecule has 0 atom stereocenters. The number of rotatable bonds is 2. The third-order valence-electron chi connectivity index (χ3n) is 2.34. The van der Waals surface area contributed by atoms with Crippen molar-refractivity contribution in [3.63, 3.8) is 0 Å². The molecule has 2 heteroatoms. The van der Waals surface area contributed by atoms with Crippen LogP contribution in [0, 0.1) is 9.39 Å². The van der Waals surface area contributed by atoms with Crippen molar-refractivity contribution in [1.82, 2.24) is 0 Å². The molecule has 0 spiro atoms. The molecule has 0 nitrogen and oxygen atoms in total. The van der Waals surface area contributed by atoms with Crippen LogP contribution in [0.3, 0.4) is 0 Å². The van der Waals surface area contributed by atoms with E-state index in [1.807, 2.05) is 0 Å². The largest absolute Gasteiger partial charge is 0.207 e. The Morgan fingerprint density at radius 2 is 1.36 bits per heavy atom. The van der Waals surface area contributed by atoms with Crippen molar-refractivity contribution in [2.75, 3.05) is 0 Å². The molecule has 0 aromatic heterocycles. The zero-order valence-corrected chi connectivity index (χ0v) is 11.2. The molecular formula is C12H16FI. The van der Waals surface area contributed by atoms with Crippen molar-refractivity contribution in [1.29, 1.82) is 0 Å². The van der Waals surface area contributed by atoms with E-state index in [0.717, 1.165) is 11.1 Å². The van der Waals surface area contributed by atoms with Crippen molar-refractivity contribution in [3.8, 4) is 0 Å². The summed E-state index contributed by atoms with van der Waals surface area (Å²) in [5.74, 6) is 0.656. The molecule has 0 bridgehead atoms. The fourth-order valence-electron chi connectivity index (χ4n) is 1.47. The highest BCUT2D eigenvalue weighted by atomic mass is 127. The van der Waals surface area contributed by atoms with Crippen LogP contribution in [0.4, 0.5) is 4.39 Å². The van der Waals surface area contributed by atoms with Gasteiger partial charge in [0.2, 0.25) is 0 Å². The maximum Gasteiger partial charge on any atom is 0.123 e. The molecule has 1 aromatic rings. The van der Waals surface area contributed by atoms with Gasteiger partial charge < -0.3 is 0 Å². The average Bonchev–Trinajstić information content (AvgIpc) is 2.07. The first kappa shape index (κ1) is 12.0. The smallest absolute Gasteiger partial charge is 0.123 e. The second-order valence-corrected chi connectivity index (χ2v) is 5.29. The first-order valence-corrected chi connectivity index (χ1v) is 6.00. The quantitative estimate of drug-likeness (QED) is 0.696.